The molecule has 0 heterocycles. The van der Waals surface area contributed by atoms with Crippen molar-refractivity contribution in [3.63, 3.8) is 0 Å². The van der Waals surface area contributed by atoms with Crippen LogP contribution in [0.1, 0.15) is 18.1 Å². The van der Waals surface area contributed by atoms with Crippen LogP contribution in [0, 0.1) is 5.82 Å². The Morgan fingerprint density at radius 3 is 2.58 bits per heavy atom. The van der Waals surface area contributed by atoms with Crippen molar-refractivity contribution >= 4 is 0 Å². The molecule has 19 heavy (non-hydrogen) atoms. The summed E-state index contributed by atoms with van der Waals surface area (Å²) in [5.41, 5.74) is 0.860. The molecular formula is C16H18FNO. The van der Waals surface area contributed by atoms with E-state index >= 15 is 0 Å². The molecule has 1 unspecified atom stereocenters. The Bertz CT molecular complexity index is 501. The second-order valence-corrected chi connectivity index (χ2v) is 4.37. The maximum Gasteiger partial charge on any atom is 0.125 e. The molecule has 0 radical (unpaired) electrons. The average molecular weight is 259 g/mol. The van der Waals surface area contributed by atoms with E-state index in [1.165, 1.54) is 12.1 Å². The first-order valence-electron chi connectivity index (χ1n) is 6.41. The Morgan fingerprint density at radius 2 is 1.89 bits per heavy atom. The van der Waals surface area contributed by atoms with Crippen LogP contribution in [0.5, 0.6) is 5.75 Å². The molecule has 0 saturated carbocycles. The summed E-state index contributed by atoms with van der Waals surface area (Å²) in [5, 5.41) is 3.09. The molecule has 2 rings (SSSR count). The zero-order valence-corrected chi connectivity index (χ0v) is 11.0. The molecule has 2 aromatic rings. The van der Waals surface area contributed by atoms with Crippen LogP contribution in [0.25, 0.3) is 0 Å². The molecule has 3 heteroatoms. The number of rotatable bonds is 6. The summed E-state index contributed by atoms with van der Waals surface area (Å²) in [4.78, 5) is 0. The van der Waals surface area contributed by atoms with Gasteiger partial charge in [0.1, 0.15) is 17.7 Å². The normalized spacial score (nSPS) is 12.1. The molecule has 0 fully saturated rings. The minimum atomic E-state index is -0.233. The molecule has 0 saturated heterocycles. The highest BCUT2D eigenvalue weighted by atomic mass is 19.1. The van der Waals surface area contributed by atoms with Gasteiger partial charge < -0.3 is 10.1 Å². The monoisotopic (exact) mass is 259 g/mol. The highest BCUT2D eigenvalue weighted by Crippen LogP contribution is 2.24. The molecule has 0 spiro atoms. The van der Waals surface area contributed by atoms with Gasteiger partial charge in [0.05, 0.1) is 0 Å². The Balaban J connectivity index is 2.16. The van der Waals surface area contributed by atoms with E-state index in [0.717, 1.165) is 24.3 Å². The van der Waals surface area contributed by atoms with Crippen LogP contribution >= 0.6 is 0 Å². The highest BCUT2D eigenvalue weighted by molar-refractivity contribution is 5.25. The van der Waals surface area contributed by atoms with Crippen LogP contribution < -0.4 is 10.1 Å². The molecule has 0 aliphatic carbocycles. The standard InChI is InChI=1S/C16H18FNO/c1-18-11-10-16(13-6-5-7-14(17)12-13)19-15-8-3-2-4-9-15/h2-9,12,16,18H,10-11H2,1H3. The van der Waals surface area contributed by atoms with Crippen molar-refractivity contribution < 1.29 is 9.13 Å². The summed E-state index contributed by atoms with van der Waals surface area (Å²) >= 11 is 0. The van der Waals surface area contributed by atoms with Gasteiger partial charge >= 0.3 is 0 Å². The predicted molar refractivity (Wildman–Crippen MR) is 74.8 cm³/mol. The lowest BCUT2D eigenvalue weighted by Gasteiger charge is -2.19. The topological polar surface area (TPSA) is 21.3 Å². The van der Waals surface area contributed by atoms with Crippen molar-refractivity contribution in [1.29, 1.82) is 0 Å². The van der Waals surface area contributed by atoms with E-state index in [2.05, 4.69) is 5.32 Å². The smallest absolute Gasteiger partial charge is 0.125 e. The number of para-hydroxylation sites is 1. The van der Waals surface area contributed by atoms with E-state index in [-0.39, 0.29) is 11.9 Å². The first-order valence-corrected chi connectivity index (χ1v) is 6.41. The maximum atomic E-state index is 13.3. The summed E-state index contributed by atoms with van der Waals surface area (Å²) in [6, 6.07) is 16.2. The lowest BCUT2D eigenvalue weighted by atomic mass is 10.1. The van der Waals surface area contributed by atoms with E-state index in [0.29, 0.717) is 0 Å². The quantitative estimate of drug-likeness (QED) is 0.856. The van der Waals surface area contributed by atoms with Gasteiger partial charge in [-0.25, -0.2) is 4.39 Å². The molecule has 0 aliphatic heterocycles. The Morgan fingerprint density at radius 1 is 1.11 bits per heavy atom. The molecule has 2 aromatic carbocycles. The van der Waals surface area contributed by atoms with Crippen molar-refractivity contribution in [2.45, 2.75) is 12.5 Å². The van der Waals surface area contributed by atoms with Crippen molar-refractivity contribution in [3.05, 3.63) is 66.0 Å². The Labute approximate surface area is 113 Å². The van der Waals surface area contributed by atoms with E-state index in [1.807, 2.05) is 43.4 Å². The van der Waals surface area contributed by atoms with Crippen LogP contribution in [0.4, 0.5) is 4.39 Å². The predicted octanol–water partition coefficient (Wildman–Crippen LogP) is 3.56. The number of halogens is 1. The SMILES string of the molecule is CNCCC(Oc1ccccc1)c1cccc(F)c1. The van der Waals surface area contributed by atoms with Gasteiger partial charge in [-0.05, 0) is 43.4 Å². The Kier molecular flexibility index (Phi) is 4.93. The van der Waals surface area contributed by atoms with Gasteiger partial charge in [0, 0.05) is 6.42 Å². The van der Waals surface area contributed by atoms with Crippen LogP contribution in [-0.2, 0) is 0 Å². The minimum absolute atomic E-state index is 0.148. The van der Waals surface area contributed by atoms with Gasteiger partial charge in [-0.3, -0.25) is 0 Å². The first kappa shape index (κ1) is 13.6. The molecule has 0 aliphatic rings. The fraction of sp³-hybridized carbons (Fsp3) is 0.250. The number of benzene rings is 2. The highest BCUT2D eigenvalue weighted by Gasteiger charge is 2.13. The van der Waals surface area contributed by atoms with Crippen LogP contribution in [0.3, 0.4) is 0 Å². The summed E-state index contributed by atoms with van der Waals surface area (Å²) in [5.74, 6) is 0.566. The zero-order valence-electron chi connectivity index (χ0n) is 11.0. The molecule has 1 N–H and O–H groups in total. The average Bonchev–Trinajstić information content (AvgIpc) is 2.44. The van der Waals surface area contributed by atoms with Gasteiger partial charge in [0.2, 0.25) is 0 Å². The van der Waals surface area contributed by atoms with Crippen molar-refractivity contribution in [2.75, 3.05) is 13.6 Å². The second-order valence-electron chi connectivity index (χ2n) is 4.37. The van der Waals surface area contributed by atoms with E-state index < -0.39 is 0 Å². The van der Waals surface area contributed by atoms with Crippen molar-refractivity contribution in [1.82, 2.24) is 5.32 Å². The van der Waals surface area contributed by atoms with E-state index in [9.17, 15) is 4.39 Å². The molecule has 100 valence electrons. The van der Waals surface area contributed by atoms with Crippen LogP contribution in [-0.4, -0.2) is 13.6 Å². The largest absolute Gasteiger partial charge is 0.486 e. The minimum Gasteiger partial charge on any atom is -0.486 e. The second kappa shape index (κ2) is 6.90. The third-order valence-corrected chi connectivity index (χ3v) is 2.90. The third-order valence-electron chi connectivity index (χ3n) is 2.90. The van der Waals surface area contributed by atoms with Crippen molar-refractivity contribution in [2.24, 2.45) is 0 Å². The molecule has 0 amide bonds. The van der Waals surface area contributed by atoms with E-state index in [1.54, 1.807) is 6.07 Å². The number of hydrogen-bond acceptors (Lipinski definition) is 2. The van der Waals surface area contributed by atoms with Crippen molar-refractivity contribution in [3.8, 4) is 5.75 Å². The molecular weight excluding hydrogens is 241 g/mol. The van der Waals surface area contributed by atoms with Crippen LogP contribution in [0.2, 0.25) is 0 Å². The molecule has 0 bridgehead atoms. The summed E-state index contributed by atoms with van der Waals surface area (Å²) in [6.45, 7) is 0.814. The van der Waals surface area contributed by atoms with E-state index in [4.69, 9.17) is 4.74 Å². The van der Waals surface area contributed by atoms with Gasteiger partial charge in [-0.1, -0.05) is 30.3 Å². The number of hydrogen-bond donors (Lipinski definition) is 1. The lowest BCUT2D eigenvalue weighted by Crippen LogP contribution is -2.16. The lowest BCUT2D eigenvalue weighted by molar-refractivity contribution is 0.194. The number of nitrogens with one attached hydrogen (secondary N) is 1. The molecule has 1 atom stereocenters. The fourth-order valence-corrected chi connectivity index (χ4v) is 1.94. The molecule has 0 aromatic heterocycles. The summed E-state index contributed by atoms with van der Waals surface area (Å²) in [7, 11) is 1.89. The molecule has 2 nitrogen and oxygen atoms in total. The summed E-state index contributed by atoms with van der Waals surface area (Å²) in [6.07, 6.45) is 0.639. The maximum absolute atomic E-state index is 13.3. The van der Waals surface area contributed by atoms with Gasteiger partial charge in [0.15, 0.2) is 0 Å². The Hall–Kier alpha value is -1.87. The number of ether oxygens (including phenoxy) is 1. The summed E-state index contributed by atoms with van der Waals surface area (Å²) < 4.78 is 19.3. The first-order chi connectivity index (χ1) is 9.29. The van der Waals surface area contributed by atoms with Gasteiger partial charge in [0.25, 0.3) is 0 Å². The fourth-order valence-electron chi connectivity index (χ4n) is 1.94. The van der Waals surface area contributed by atoms with Gasteiger partial charge in [-0.2, -0.15) is 0 Å². The van der Waals surface area contributed by atoms with Gasteiger partial charge in [-0.15, -0.1) is 0 Å². The zero-order chi connectivity index (χ0) is 13.5. The van der Waals surface area contributed by atoms with Crippen LogP contribution in [0.15, 0.2) is 54.6 Å². The third kappa shape index (κ3) is 4.07.